The van der Waals surface area contributed by atoms with Gasteiger partial charge in [-0.3, -0.25) is 9.82 Å². The van der Waals surface area contributed by atoms with Crippen molar-refractivity contribution in [1.29, 1.82) is 0 Å². The molecule has 0 saturated heterocycles. The predicted molar refractivity (Wildman–Crippen MR) is 73.8 cm³/mol. The number of ether oxygens (including phenoxy) is 1. The van der Waals surface area contributed by atoms with Gasteiger partial charge in [-0.25, -0.2) is 13.6 Å². The molecule has 11 heteroatoms. The Morgan fingerprint density at radius 3 is 2.48 bits per heavy atom. The molecule has 0 aliphatic rings. The zero-order valence-corrected chi connectivity index (χ0v) is 12.4. The molecule has 0 spiro atoms. The molecule has 0 saturated carbocycles. The highest BCUT2D eigenvalue weighted by molar-refractivity contribution is 7.92. The summed E-state index contributed by atoms with van der Waals surface area (Å²) in [5.74, 6) is 0.144. The summed E-state index contributed by atoms with van der Waals surface area (Å²) in [6.07, 6.45) is 1.27. The molecule has 2 rings (SSSR count). The third-order valence-corrected chi connectivity index (χ3v) is 4.71. The first-order valence-electron chi connectivity index (χ1n) is 5.47. The SMILES string of the molecule is COc1ccc(S(N)(=O)=O)cc1NS(=O)(=O)c1ccn[nH]1. The number of methoxy groups -OCH3 is 1. The minimum Gasteiger partial charge on any atom is -0.495 e. The number of hydrogen-bond donors (Lipinski definition) is 3. The van der Waals surface area contributed by atoms with Gasteiger partial charge in [-0.1, -0.05) is 0 Å². The first-order valence-corrected chi connectivity index (χ1v) is 8.50. The van der Waals surface area contributed by atoms with Crippen LogP contribution in [-0.2, 0) is 20.0 Å². The molecule has 9 nitrogen and oxygen atoms in total. The Labute approximate surface area is 121 Å². The molecule has 4 N–H and O–H groups in total. The standard InChI is InChI=1S/C10H12N4O5S2/c1-19-9-3-2-7(20(11,15)16)6-8(9)14-21(17,18)10-4-5-12-13-10/h2-6,14H,1H3,(H,12,13)(H2,11,15,16). The van der Waals surface area contributed by atoms with Gasteiger partial charge in [0.2, 0.25) is 10.0 Å². The minimum absolute atomic E-state index is 0.0568. The van der Waals surface area contributed by atoms with Gasteiger partial charge in [0.25, 0.3) is 10.0 Å². The number of hydrogen-bond acceptors (Lipinski definition) is 6. The van der Waals surface area contributed by atoms with E-state index in [2.05, 4.69) is 14.9 Å². The van der Waals surface area contributed by atoms with Gasteiger partial charge in [0.1, 0.15) is 5.75 Å². The number of H-pyrrole nitrogens is 1. The number of primary sulfonamides is 1. The second kappa shape index (κ2) is 5.35. The van der Waals surface area contributed by atoms with Crippen molar-refractivity contribution in [2.24, 2.45) is 5.14 Å². The highest BCUT2D eigenvalue weighted by Crippen LogP contribution is 2.28. The van der Waals surface area contributed by atoms with E-state index in [0.717, 1.165) is 6.07 Å². The zero-order chi connectivity index (χ0) is 15.7. The van der Waals surface area contributed by atoms with Gasteiger partial charge < -0.3 is 4.74 Å². The van der Waals surface area contributed by atoms with Gasteiger partial charge in [-0.15, -0.1) is 0 Å². The molecule has 21 heavy (non-hydrogen) atoms. The average molecular weight is 332 g/mol. The summed E-state index contributed by atoms with van der Waals surface area (Å²) in [4.78, 5) is -0.245. The van der Waals surface area contributed by atoms with Crippen molar-refractivity contribution in [3.63, 3.8) is 0 Å². The first-order chi connectivity index (χ1) is 9.74. The number of benzene rings is 1. The number of aromatic amines is 1. The van der Waals surface area contributed by atoms with Crippen LogP contribution in [0.2, 0.25) is 0 Å². The molecule has 0 bridgehead atoms. The molecular formula is C10H12N4O5S2. The Balaban J connectivity index is 2.48. The number of aromatic nitrogens is 2. The maximum atomic E-state index is 12.1. The number of rotatable bonds is 5. The van der Waals surface area contributed by atoms with Crippen molar-refractivity contribution in [1.82, 2.24) is 10.2 Å². The number of nitrogens with two attached hydrogens (primary N) is 1. The van der Waals surface area contributed by atoms with Crippen molar-refractivity contribution in [3.8, 4) is 5.75 Å². The highest BCUT2D eigenvalue weighted by Gasteiger charge is 2.19. The second-order valence-corrected chi connectivity index (χ2v) is 7.15. The maximum Gasteiger partial charge on any atom is 0.278 e. The van der Waals surface area contributed by atoms with E-state index >= 15 is 0 Å². The summed E-state index contributed by atoms with van der Waals surface area (Å²) in [5, 5.41) is 10.7. The van der Waals surface area contributed by atoms with E-state index in [1.165, 1.54) is 31.5 Å². The zero-order valence-electron chi connectivity index (χ0n) is 10.8. The van der Waals surface area contributed by atoms with Crippen molar-refractivity contribution in [2.75, 3.05) is 11.8 Å². The molecule has 0 radical (unpaired) electrons. The lowest BCUT2D eigenvalue weighted by atomic mass is 10.3. The molecule has 0 amide bonds. The smallest absolute Gasteiger partial charge is 0.278 e. The summed E-state index contributed by atoms with van der Waals surface area (Å²) in [6.45, 7) is 0. The molecule has 1 heterocycles. The lowest BCUT2D eigenvalue weighted by molar-refractivity contribution is 0.416. The third-order valence-electron chi connectivity index (χ3n) is 2.51. The van der Waals surface area contributed by atoms with Crippen LogP contribution in [0.4, 0.5) is 5.69 Å². The number of anilines is 1. The van der Waals surface area contributed by atoms with E-state index in [1.807, 2.05) is 0 Å². The molecule has 1 aromatic heterocycles. The van der Waals surface area contributed by atoms with Crippen LogP contribution in [0.1, 0.15) is 0 Å². The summed E-state index contributed by atoms with van der Waals surface area (Å²) < 4.78 is 54.0. The number of nitrogens with one attached hydrogen (secondary N) is 2. The molecule has 0 unspecified atom stereocenters. The molecule has 1 aromatic carbocycles. The van der Waals surface area contributed by atoms with Gasteiger partial charge in [-0.05, 0) is 24.3 Å². The van der Waals surface area contributed by atoms with E-state index in [-0.39, 0.29) is 21.4 Å². The molecule has 0 atom stereocenters. The fraction of sp³-hybridized carbons (Fsp3) is 0.100. The number of nitrogens with zero attached hydrogens (tertiary/aromatic N) is 1. The number of sulfonamides is 2. The molecule has 0 aliphatic carbocycles. The molecule has 2 aromatic rings. The van der Waals surface area contributed by atoms with E-state index in [9.17, 15) is 16.8 Å². The highest BCUT2D eigenvalue weighted by atomic mass is 32.2. The fourth-order valence-electron chi connectivity index (χ4n) is 1.54. The topological polar surface area (TPSA) is 144 Å². The molecule has 0 fully saturated rings. The van der Waals surface area contributed by atoms with E-state index < -0.39 is 20.0 Å². The van der Waals surface area contributed by atoms with Crippen LogP contribution in [0.5, 0.6) is 5.75 Å². The monoisotopic (exact) mass is 332 g/mol. The van der Waals surface area contributed by atoms with E-state index in [4.69, 9.17) is 9.88 Å². The Morgan fingerprint density at radius 1 is 1.24 bits per heavy atom. The summed E-state index contributed by atoms with van der Waals surface area (Å²) >= 11 is 0. The van der Waals surface area contributed by atoms with Gasteiger partial charge in [0, 0.05) is 0 Å². The normalized spacial score (nSPS) is 12.1. The van der Waals surface area contributed by atoms with E-state index in [0.29, 0.717) is 0 Å². The second-order valence-electron chi connectivity index (χ2n) is 3.93. The predicted octanol–water partition coefficient (Wildman–Crippen LogP) is -0.134. The van der Waals surface area contributed by atoms with Crippen molar-refractivity contribution in [2.45, 2.75) is 9.92 Å². The van der Waals surface area contributed by atoms with Crippen LogP contribution in [-0.4, -0.2) is 34.1 Å². The Kier molecular flexibility index (Phi) is 3.89. The van der Waals surface area contributed by atoms with Crippen LogP contribution in [0.25, 0.3) is 0 Å². The summed E-state index contributed by atoms with van der Waals surface area (Å²) in [6, 6.07) is 4.83. The van der Waals surface area contributed by atoms with Crippen molar-refractivity contribution in [3.05, 3.63) is 30.5 Å². The fourth-order valence-corrected chi connectivity index (χ4v) is 3.05. The lowest BCUT2D eigenvalue weighted by Gasteiger charge is -2.12. The third kappa shape index (κ3) is 3.32. The van der Waals surface area contributed by atoms with Gasteiger partial charge >= 0.3 is 0 Å². The Hall–Kier alpha value is -2.11. The van der Waals surface area contributed by atoms with Gasteiger partial charge in [0.15, 0.2) is 5.03 Å². The van der Waals surface area contributed by atoms with Crippen LogP contribution in [0.3, 0.4) is 0 Å². The van der Waals surface area contributed by atoms with Crippen LogP contribution in [0, 0.1) is 0 Å². The summed E-state index contributed by atoms with van der Waals surface area (Å²) in [5.41, 5.74) is -0.0568. The molecular weight excluding hydrogens is 320 g/mol. The van der Waals surface area contributed by atoms with Gasteiger partial charge in [-0.2, -0.15) is 13.5 Å². The Bertz CT molecular complexity index is 844. The summed E-state index contributed by atoms with van der Waals surface area (Å²) in [7, 11) is -6.60. The van der Waals surface area contributed by atoms with Crippen LogP contribution < -0.4 is 14.6 Å². The van der Waals surface area contributed by atoms with Gasteiger partial charge in [0.05, 0.1) is 23.9 Å². The van der Waals surface area contributed by atoms with E-state index in [1.54, 1.807) is 0 Å². The quantitative estimate of drug-likeness (QED) is 0.695. The Morgan fingerprint density at radius 2 is 1.95 bits per heavy atom. The van der Waals surface area contributed by atoms with Crippen LogP contribution in [0.15, 0.2) is 40.4 Å². The molecule has 114 valence electrons. The largest absolute Gasteiger partial charge is 0.495 e. The minimum atomic E-state index is -3.97. The first kappa shape index (κ1) is 15.3. The molecule has 0 aliphatic heterocycles. The lowest BCUT2D eigenvalue weighted by Crippen LogP contribution is -2.16. The van der Waals surface area contributed by atoms with Crippen molar-refractivity contribution < 1.29 is 21.6 Å². The van der Waals surface area contributed by atoms with Crippen molar-refractivity contribution >= 4 is 25.7 Å². The van der Waals surface area contributed by atoms with Crippen LogP contribution >= 0.6 is 0 Å². The maximum absolute atomic E-state index is 12.1. The average Bonchev–Trinajstić information content (AvgIpc) is 2.91.